The van der Waals surface area contributed by atoms with Crippen LogP contribution in [0.2, 0.25) is 0 Å². The van der Waals surface area contributed by atoms with Crippen molar-refractivity contribution in [2.24, 2.45) is 0 Å². The molecule has 108 valence electrons. The average molecular weight is 282 g/mol. The first-order valence-corrected chi connectivity index (χ1v) is 8.17. The van der Waals surface area contributed by atoms with E-state index in [0.717, 1.165) is 26.2 Å². The van der Waals surface area contributed by atoms with Gasteiger partial charge in [-0.05, 0) is 43.3 Å². The van der Waals surface area contributed by atoms with Crippen LogP contribution in [-0.2, 0) is 11.2 Å². The lowest BCUT2D eigenvalue weighted by Crippen LogP contribution is -2.48. The van der Waals surface area contributed by atoms with Gasteiger partial charge in [0.2, 0.25) is 0 Å². The molecule has 1 aliphatic rings. The second kappa shape index (κ2) is 7.39. The number of hydrogen-bond donors (Lipinski definition) is 1. The number of thiophene rings is 1. The van der Waals surface area contributed by atoms with E-state index < -0.39 is 0 Å². The maximum absolute atomic E-state index is 5.43. The Morgan fingerprint density at radius 1 is 1.58 bits per heavy atom. The number of methoxy groups -OCH3 is 1. The van der Waals surface area contributed by atoms with Crippen LogP contribution in [0.4, 0.5) is 0 Å². The number of hydrogen-bond acceptors (Lipinski definition) is 4. The maximum atomic E-state index is 5.43. The van der Waals surface area contributed by atoms with E-state index in [1.54, 1.807) is 12.0 Å². The first kappa shape index (κ1) is 15.0. The molecule has 0 fully saturated rings. The molecule has 2 unspecified atom stereocenters. The fraction of sp³-hybridized carbons (Fsp3) is 0.733. The largest absolute Gasteiger partial charge is 0.383 e. The summed E-state index contributed by atoms with van der Waals surface area (Å²) in [6.45, 7) is 8.60. The molecule has 1 N–H and O–H groups in total. The first-order chi connectivity index (χ1) is 9.27. The SMILES string of the molecule is CCCNCC(COC)N1CCc2sccc2C1C. The summed E-state index contributed by atoms with van der Waals surface area (Å²) in [7, 11) is 1.80. The Bertz CT molecular complexity index is 380. The predicted molar refractivity (Wildman–Crippen MR) is 82.0 cm³/mol. The van der Waals surface area contributed by atoms with E-state index in [4.69, 9.17) is 4.74 Å². The molecule has 1 aromatic rings. The second-order valence-corrected chi connectivity index (χ2v) is 6.28. The predicted octanol–water partition coefficient (Wildman–Crippen LogP) is 2.68. The van der Waals surface area contributed by atoms with Crippen molar-refractivity contribution in [3.05, 3.63) is 21.9 Å². The van der Waals surface area contributed by atoms with E-state index in [-0.39, 0.29) is 0 Å². The molecule has 2 heterocycles. The minimum atomic E-state index is 0.472. The molecule has 0 spiro atoms. The summed E-state index contributed by atoms with van der Waals surface area (Å²) in [6, 6.07) is 3.28. The average Bonchev–Trinajstić information content (AvgIpc) is 2.88. The number of nitrogens with one attached hydrogen (secondary N) is 1. The van der Waals surface area contributed by atoms with Gasteiger partial charge in [0.05, 0.1) is 6.61 Å². The van der Waals surface area contributed by atoms with Crippen LogP contribution in [0, 0.1) is 0 Å². The van der Waals surface area contributed by atoms with Crippen molar-refractivity contribution < 1.29 is 4.74 Å². The molecule has 2 atom stereocenters. The lowest BCUT2D eigenvalue weighted by molar-refractivity contribution is 0.0603. The first-order valence-electron chi connectivity index (χ1n) is 7.29. The lowest BCUT2D eigenvalue weighted by Gasteiger charge is -2.39. The number of ether oxygens (including phenoxy) is 1. The number of nitrogens with zero attached hydrogens (tertiary/aromatic N) is 1. The summed E-state index contributed by atoms with van der Waals surface area (Å²) in [6.07, 6.45) is 2.37. The molecule has 19 heavy (non-hydrogen) atoms. The molecule has 1 aliphatic heterocycles. The van der Waals surface area contributed by atoms with Crippen molar-refractivity contribution in [2.75, 3.05) is 33.4 Å². The van der Waals surface area contributed by atoms with Gasteiger partial charge >= 0.3 is 0 Å². The molecule has 2 rings (SSSR count). The summed E-state index contributed by atoms with van der Waals surface area (Å²) in [5.41, 5.74) is 1.52. The summed E-state index contributed by atoms with van der Waals surface area (Å²) < 4.78 is 5.43. The molecule has 4 heteroatoms. The third-order valence-corrected chi connectivity index (χ3v) is 4.96. The van der Waals surface area contributed by atoms with Gasteiger partial charge in [-0.25, -0.2) is 0 Å². The highest BCUT2D eigenvalue weighted by Gasteiger charge is 2.29. The highest BCUT2D eigenvalue weighted by molar-refractivity contribution is 7.10. The van der Waals surface area contributed by atoms with Crippen molar-refractivity contribution in [1.82, 2.24) is 10.2 Å². The van der Waals surface area contributed by atoms with Crippen LogP contribution in [0.25, 0.3) is 0 Å². The molecular weight excluding hydrogens is 256 g/mol. The van der Waals surface area contributed by atoms with E-state index in [0.29, 0.717) is 12.1 Å². The summed E-state index contributed by atoms with van der Waals surface area (Å²) in [5.74, 6) is 0. The van der Waals surface area contributed by atoms with Crippen LogP contribution < -0.4 is 5.32 Å². The smallest absolute Gasteiger partial charge is 0.0630 e. The monoisotopic (exact) mass is 282 g/mol. The zero-order valence-electron chi connectivity index (χ0n) is 12.3. The minimum Gasteiger partial charge on any atom is -0.383 e. The Hall–Kier alpha value is -0.420. The fourth-order valence-corrected chi connectivity index (χ4v) is 3.90. The third kappa shape index (κ3) is 3.57. The molecule has 0 aliphatic carbocycles. The Labute approximate surface area is 121 Å². The molecular formula is C15H26N2OS. The minimum absolute atomic E-state index is 0.472. The van der Waals surface area contributed by atoms with Crippen LogP contribution in [-0.4, -0.2) is 44.3 Å². The lowest BCUT2D eigenvalue weighted by atomic mass is 9.99. The van der Waals surface area contributed by atoms with Crippen LogP contribution in [0.5, 0.6) is 0 Å². The van der Waals surface area contributed by atoms with Gasteiger partial charge in [-0.1, -0.05) is 6.92 Å². The van der Waals surface area contributed by atoms with Gasteiger partial charge in [0.1, 0.15) is 0 Å². The molecule has 0 saturated heterocycles. The summed E-state index contributed by atoms with van der Waals surface area (Å²) >= 11 is 1.90. The Balaban J connectivity index is 2.01. The number of rotatable bonds is 7. The van der Waals surface area contributed by atoms with Gasteiger partial charge in [0, 0.05) is 37.2 Å². The molecule has 0 bridgehead atoms. The summed E-state index contributed by atoms with van der Waals surface area (Å²) in [5, 5.41) is 5.76. The van der Waals surface area contributed by atoms with Crippen LogP contribution in [0.1, 0.15) is 36.8 Å². The molecule has 1 aromatic heterocycles. The van der Waals surface area contributed by atoms with Gasteiger partial charge in [-0.15, -0.1) is 11.3 Å². The molecule has 0 amide bonds. The highest BCUT2D eigenvalue weighted by atomic mass is 32.1. The van der Waals surface area contributed by atoms with Gasteiger partial charge in [0.25, 0.3) is 0 Å². The van der Waals surface area contributed by atoms with E-state index in [1.165, 1.54) is 18.4 Å². The van der Waals surface area contributed by atoms with E-state index >= 15 is 0 Å². The Morgan fingerprint density at radius 3 is 3.16 bits per heavy atom. The standard InChI is InChI=1S/C15H26N2OS/c1-4-7-16-10-13(11-18-3)17-8-5-15-14(12(17)2)6-9-19-15/h6,9,12-13,16H,4-5,7-8,10-11H2,1-3H3. The quantitative estimate of drug-likeness (QED) is 0.778. The molecule has 3 nitrogen and oxygen atoms in total. The van der Waals surface area contributed by atoms with Crippen molar-refractivity contribution in [1.29, 1.82) is 0 Å². The van der Waals surface area contributed by atoms with E-state index in [9.17, 15) is 0 Å². The van der Waals surface area contributed by atoms with Crippen molar-refractivity contribution in [3.8, 4) is 0 Å². The maximum Gasteiger partial charge on any atom is 0.0630 e. The van der Waals surface area contributed by atoms with Crippen molar-refractivity contribution in [3.63, 3.8) is 0 Å². The molecule has 0 aromatic carbocycles. The van der Waals surface area contributed by atoms with Gasteiger partial charge in [0.15, 0.2) is 0 Å². The van der Waals surface area contributed by atoms with Crippen molar-refractivity contribution >= 4 is 11.3 Å². The fourth-order valence-electron chi connectivity index (χ4n) is 2.94. The van der Waals surface area contributed by atoms with Crippen LogP contribution in [0.15, 0.2) is 11.4 Å². The zero-order chi connectivity index (χ0) is 13.7. The zero-order valence-corrected chi connectivity index (χ0v) is 13.1. The third-order valence-electron chi connectivity index (χ3n) is 3.96. The van der Waals surface area contributed by atoms with Crippen LogP contribution in [0.3, 0.4) is 0 Å². The second-order valence-electron chi connectivity index (χ2n) is 5.28. The highest BCUT2D eigenvalue weighted by Crippen LogP contribution is 2.33. The normalized spacial score (nSPS) is 21.3. The summed E-state index contributed by atoms with van der Waals surface area (Å²) in [4.78, 5) is 4.17. The topological polar surface area (TPSA) is 24.5 Å². The molecule has 0 radical (unpaired) electrons. The van der Waals surface area contributed by atoms with Crippen molar-refractivity contribution in [2.45, 2.75) is 38.8 Å². The Kier molecular flexibility index (Phi) is 5.82. The molecule has 0 saturated carbocycles. The van der Waals surface area contributed by atoms with Gasteiger partial charge in [-0.3, -0.25) is 4.90 Å². The van der Waals surface area contributed by atoms with E-state index in [2.05, 4.69) is 35.5 Å². The van der Waals surface area contributed by atoms with Gasteiger partial charge < -0.3 is 10.1 Å². The Morgan fingerprint density at radius 2 is 2.42 bits per heavy atom. The van der Waals surface area contributed by atoms with Gasteiger partial charge in [-0.2, -0.15) is 0 Å². The van der Waals surface area contributed by atoms with Crippen LogP contribution >= 0.6 is 11.3 Å². The number of fused-ring (bicyclic) bond motifs is 1. The van der Waals surface area contributed by atoms with E-state index in [1.807, 2.05) is 11.3 Å².